The average molecular weight is 385 g/mol. The molecule has 0 unspecified atom stereocenters. The highest BCUT2D eigenvalue weighted by Gasteiger charge is 2.25. The fraction of sp³-hybridized carbons (Fsp3) is 0.636. The molecule has 6 heteroatoms. The number of carbonyl (C=O) groups is 2. The van der Waals surface area contributed by atoms with E-state index < -0.39 is 0 Å². The van der Waals surface area contributed by atoms with Gasteiger partial charge in [0.25, 0.3) is 5.91 Å². The van der Waals surface area contributed by atoms with Crippen molar-refractivity contribution in [1.82, 2.24) is 14.7 Å². The van der Waals surface area contributed by atoms with Crippen LogP contribution >= 0.6 is 0 Å². The maximum Gasteiger partial charge on any atom is 0.253 e. The lowest BCUT2D eigenvalue weighted by Crippen LogP contribution is -2.51. The van der Waals surface area contributed by atoms with Crippen LogP contribution in [0.2, 0.25) is 0 Å². The van der Waals surface area contributed by atoms with Crippen LogP contribution in [0.15, 0.2) is 24.3 Å². The number of likely N-dealkylation sites (tertiary alicyclic amines) is 1. The standard InChI is InChI=1S/C22H32N4O2/c27-21(9-14-23-10-1-2-11-23)25-15-17-26(18-16-25)22(28)19-5-7-20(8-6-19)24-12-3-4-13-24/h5-8H,1-4,9-18H2. The molecule has 3 aliphatic heterocycles. The van der Waals surface area contributed by atoms with E-state index in [0.717, 1.165) is 38.3 Å². The fourth-order valence-electron chi connectivity index (χ4n) is 4.55. The summed E-state index contributed by atoms with van der Waals surface area (Å²) in [6.07, 6.45) is 5.62. The molecule has 3 aliphatic rings. The quantitative estimate of drug-likeness (QED) is 0.780. The van der Waals surface area contributed by atoms with E-state index in [1.165, 1.54) is 31.4 Å². The number of piperazine rings is 1. The first-order valence-corrected chi connectivity index (χ1v) is 10.9. The topological polar surface area (TPSA) is 47.1 Å². The zero-order chi connectivity index (χ0) is 19.3. The van der Waals surface area contributed by atoms with Crippen molar-refractivity contribution in [2.45, 2.75) is 32.1 Å². The van der Waals surface area contributed by atoms with Crippen molar-refractivity contribution in [3.05, 3.63) is 29.8 Å². The maximum absolute atomic E-state index is 12.8. The van der Waals surface area contributed by atoms with Gasteiger partial charge in [0.2, 0.25) is 5.91 Å². The first kappa shape index (κ1) is 19.2. The van der Waals surface area contributed by atoms with E-state index in [1.807, 2.05) is 21.9 Å². The molecular formula is C22H32N4O2. The lowest BCUT2D eigenvalue weighted by atomic mass is 10.1. The Morgan fingerprint density at radius 2 is 1.29 bits per heavy atom. The molecule has 3 fully saturated rings. The Bertz CT molecular complexity index is 670. The van der Waals surface area contributed by atoms with E-state index in [1.54, 1.807) is 0 Å². The van der Waals surface area contributed by atoms with Crippen molar-refractivity contribution in [1.29, 1.82) is 0 Å². The minimum absolute atomic E-state index is 0.0807. The molecule has 0 N–H and O–H groups in total. The van der Waals surface area contributed by atoms with Gasteiger partial charge >= 0.3 is 0 Å². The lowest BCUT2D eigenvalue weighted by molar-refractivity contribution is -0.133. The van der Waals surface area contributed by atoms with Crippen molar-refractivity contribution >= 4 is 17.5 Å². The second kappa shape index (κ2) is 8.95. The minimum atomic E-state index is 0.0807. The molecule has 0 saturated carbocycles. The highest BCUT2D eigenvalue weighted by Crippen LogP contribution is 2.21. The van der Waals surface area contributed by atoms with Crippen molar-refractivity contribution in [2.24, 2.45) is 0 Å². The second-order valence-electron chi connectivity index (χ2n) is 8.21. The van der Waals surface area contributed by atoms with E-state index >= 15 is 0 Å². The van der Waals surface area contributed by atoms with Gasteiger partial charge in [-0.15, -0.1) is 0 Å². The van der Waals surface area contributed by atoms with Gasteiger partial charge in [-0.1, -0.05) is 0 Å². The van der Waals surface area contributed by atoms with Crippen LogP contribution in [0.4, 0.5) is 5.69 Å². The molecule has 152 valence electrons. The smallest absolute Gasteiger partial charge is 0.253 e. The van der Waals surface area contributed by atoms with Crippen LogP contribution in [-0.2, 0) is 4.79 Å². The summed E-state index contributed by atoms with van der Waals surface area (Å²) in [5.41, 5.74) is 1.96. The molecule has 0 atom stereocenters. The number of anilines is 1. The zero-order valence-electron chi connectivity index (χ0n) is 16.8. The summed E-state index contributed by atoms with van der Waals surface area (Å²) in [4.78, 5) is 33.8. The second-order valence-corrected chi connectivity index (χ2v) is 8.21. The number of hydrogen-bond acceptors (Lipinski definition) is 4. The van der Waals surface area contributed by atoms with E-state index in [4.69, 9.17) is 0 Å². The molecule has 1 aromatic rings. The Hall–Kier alpha value is -2.08. The third-order valence-corrected chi connectivity index (χ3v) is 6.35. The summed E-state index contributed by atoms with van der Waals surface area (Å²) >= 11 is 0. The van der Waals surface area contributed by atoms with Gasteiger partial charge in [0.05, 0.1) is 0 Å². The van der Waals surface area contributed by atoms with E-state index in [9.17, 15) is 9.59 Å². The van der Waals surface area contributed by atoms with Crippen LogP contribution < -0.4 is 4.90 Å². The average Bonchev–Trinajstić information content (AvgIpc) is 3.46. The third-order valence-electron chi connectivity index (χ3n) is 6.35. The van der Waals surface area contributed by atoms with Gasteiger partial charge in [0, 0.05) is 63.5 Å². The predicted molar refractivity (Wildman–Crippen MR) is 111 cm³/mol. The largest absolute Gasteiger partial charge is 0.372 e. The Morgan fingerprint density at radius 3 is 1.93 bits per heavy atom. The van der Waals surface area contributed by atoms with Gasteiger partial charge in [0.1, 0.15) is 0 Å². The van der Waals surface area contributed by atoms with Gasteiger partial charge in [-0.2, -0.15) is 0 Å². The first-order chi connectivity index (χ1) is 13.7. The Kier molecular flexibility index (Phi) is 6.15. The van der Waals surface area contributed by atoms with Crippen molar-refractivity contribution in [2.75, 3.05) is 63.8 Å². The molecule has 6 nitrogen and oxygen atoms in total. The monoisotopic (exact) mass is 384 g/mol. The van der Waals surface area contributed by atoms with E-state index in [2.05, 4.69) is 21.9 Å². The lowest BCUT2D eigenvalue weighted by Gasteiger charge is -2.35. The molecule has 0 radical (unpaired) electrons. The summed E-state index contributed by atoms with van der Waals surface area (Å²) in [6, 6.07) is 8.03. The molecule has 28 heavy (non-hydrogen) atoms. The van der Waals surface area contributed by atoms with Gasteiger partial charge in [-0.3, -0.25) is 9.59 Å². The van der Waals surface area contributed by atoms with Crippen LogP contribution in [0.25, 0.3) is 0 Å². The molecule has 2 amide bonds. The summed E-state index contributed by atoms with van der Waals surface area (Å²) in [5, 5.41) is 0. The van der Waals surface area contributed by atoms with Crippen LogP contribution in [0.1, 0.15) is 42.5 Å². The Morgan fingerprint density at radius 1 is 0.714 bits per heavy atom. The minimum Gasteiger partial charge on any atom is -0.372 e. The highest BCUT2D eigenvalue weighted by atomic mass is 16.2. The Labute approximate surface area is 168 Å². The number of benzene rings is 1. The normalized spacial score (nSPS) is 20.8. The van der Waals surface area contributed by atoms with Gasteiger partial charge in [0.15, 0.2) is 0 Å². The van der Waals surface area contributed by atoms with E-state index in [0.29, 0.717) is 32.6 Å². The molecule has 0 bridgehead atoms. The molecular weight excluding hydrogens is 352 g/mol. The summed E-state index contributed by atoms with van der Waals surface area (Å²) < 4.78 is 0. The van der Waals surface area contributed by atoms with Gasteiger partial charge < -0.3 is 19.6 Å². The molecule has 0 spiro atoms. The predicted octanol–water partition coefficient (Wildman–Crippen LogP) is 2.06. The molecule has 0 aromatic heterocycles. The van der Waals surface area contributed by atoms with Gasteiger partial charge in [-0.25, -0.2) is 0 Å². The van der Waals surface area contributed by atoms with Crippen molar-refractivity contribution in [3.63, 3.8) is 0 Å². The number of rotatable bonds is 5. The number of hydrogen-bond donors (Lipinski definition) is 0. The first-order valence-electron chi connectivity index (χ1n) is 10.9. The van der Waals surface area contributed by atoms with Crippen LogP contribution in [-0.4, -0.2) is 85.4 Å². The van der Waals surface area contributed by atoms with Crippen molar-refractivity contribution < 1.29 is 9.59 Å². The summed E-state index contributed by atoms with van der Waals surface area (Å²) in [6.45, 7) is 7.92. The fourth-order valence-corrected chi connectivity index (χ4v) is 4.55. The molecule has 3 saturated heterocycles. The summed E-state index contributed by atoms with van der Waals surface area (Å²) in [7, 11) is 0. The SMILES string of the molecule is O=C(CCN1CCCC1)N1CCN(C(=O)c2ccc(N3CCCC3)cc2)CC1. The highest BCUT2D eigenvalue weighted by molar-refractivity contribution is 5.94. The molecule has 4 rings (SSSR count). The van der Waals surface area contributed by atoms with Crippen molar-refractivity contribution in [3.8, 4) is 0 Å². The maximum atomic E-state index is 12.8. The van der Waals surface area contributed by atoms with Crippen LogP contribution in [0.3, 0.4) is 0 Å². The van der Waals surface area contributed by atoms with E-state index in [-0.39, 0.29) is 11.8 Å². The molecule has 0 aliphatic carbocycles. The van der Waals surface area contributed by atoms with Crippen LogP contribution in [0, 0.1) is 0 Å². The summed E-state index contributed by atoms with van der Waals surface area (Å²) in [5.74, 6) is 0.311. The number of carbonyl (C=O) groups excluding carboxylic acids is 2. The van der Waals surface area contributed by atoms with Gasteiger partial charge in [-0.05, 0) is 63.0 Å². The zero-order valence-corrected chi connectivity index (χ0v) is 16.8. The number of nitrogens with zero attached hydrogens (tertiary/aromatic N) is 4. The number of amides is 2. The molecule has 1 aromatic carbocycles. The van der Waals surface area contributed by atoms with Crippen LogP contribution in [0.5, 0.6) is 0 Å². The third kappa shape index (κ3) is 4.49. The Balaban J connectivity index is 1.24. The molecule has 3 heterocycles.